The Kier molecular flexibility index (Phi) is 16.9. The number of rotatable bonds is 15. The van der Waals surface area contributed by atoms with Crippen molar-refractivity contribution in [1.82, 2.24) is 0 Å². The highest BCUT2D eigenvalue weighted by molar-refractivity contribution is 9.09. The largest absolute Gasteiger partial charge is 0.507 e. The molecule has 1 aliphatic carbocycles. The number of phenols is 2. The topological polar surface area (TPSA) is 86.6 Å². The second-order valence-electron chi connectivity index (χ2n) is 21.5. The average Bonchev–Trinajstić information content (AvgIpc) is 3.18. The zero-order chi connectivity index (χ0) is 46.3. The van der Waals surface area contributed by atoms with Gasteiger partial charge in [-0.15, -0.1) is 0 Å². The van der Waals surface area contributed by atoms with E-state index in [4.69, 9.17) is 23.7 Å². The molecule has 4 aromatic rings. The van der Waals surface area contributed by atoms with Crippen LogP contribution in [0.2, 0.25) is 0 Å². The molecule has 0 atom stereocenters. The van der Waals surface area contributed by atoms with Crippen LogP contribution in [0.15, 0.2) is 48.5 Å². The first kappa shape index (κ1) is 50.4. The highest BCUT2D eigenvalue weighted by Gasteiger charge is 2.28. The van der Waals surface area contributed by atoms with E-state index in [1.165, 1.54) is 11.1 Å². The fourth-order valence-corrected chi connectivity index (χ4v) is 8.25. The van der Waals surface area contributed by atoms with E-state index in [9.17, 15) is 10.2 Å². The van der Waals surface area contributed by atoms with Crippen LogP contribution in [0, 0.1) is 0 Å². The van der Waals surface area contributed by atoms with E-state index in [0.717, 1.165) is 78.9 Å². The van der Waals surface area contributed by atoms with Gasteiger partial charge in [0, 0.05) is 31.0 Å². The lowest BCUT2D eigenvalue weighted by Crippen LogP contribution is -2.18. The van der Waals surface area contributed by atoms with Gasteiger partial charge in [-0.25, -0.2) is 0 Å². The molecule has 2 N–H and O–H groups in total. The van der Waals surface area contributed by atoms with Gasteiger partial charge in [-0.05, 0) is 94.8 Å². The monoisotopic (exact) mass is 928 g/mol. The van der Waals surface area contributed by atoms with E-state index >= 15 is 0 Å². The third-order valence-electron chi connectivity index (χ3n) is 11.9. The zero-order valence-corrected chi connectivity index (χ0v) is 42.4. The highest BCUT2D eigenvalue weighted by Crippen LogP contribution is 2.44. The first-order valence-corrected chi connectivity index (χ1v) is 24.2. The van der Waals surface area contributed by atoms with Crippen LogP contribution in [0.4, 0.5) is 0 Å². The van der Waals surface area contributed by atoms with Crippen molar-refractivity contribution in [2.75, 3.05) is 58.2 Å². The Hall–Kier alpha value is -3.56. The van der Waals surface area contributed by atoms with Crippen molar-refractivity contribution in [2.45, 2.75) is 144 Å². The van der Waals surface area contributed by atoms with Crippen LogP contribution in [0.1, 0.15) is 163 Å². The average molecular weight is 930 g/mol. The molecule has 8 heteroatoms. The zero-order valence-electron chi connectivity index (χ0n) is 40.8. The Bertz CT molecular complexity index is 2160. The summed E-state index contributed by atoms with van der Waals surface area (Å²) in [6, 6.07) is 17.8. The number of alkyl halides is 1. The highest BCUT2D eigenvalue weighted by atomic mass is 79.9. The van der Waals surface area contributed by atoms with Gasteiger partial charge in [-0.1, -0.05) is 154 Å². The van der Waals surface area contributed by atoms with Gasteiger partial charge in [0.15, 0.2) is 0 Å². The normalized spacial score (nSPS) is 13.6. The summed E-state index contributed by atoms with van der Waals surface area (Å²) in [5, 5.41) is 25.5. The summed E-state index contributed by atoms with van der Waals surface area (Å²) in [4.78, 5) is 0. The lowest BCUT2D eigenvalue weighted by molar-refractivity contribution is 0.0118. The summed E-state index contributed by atoms with van der Waals surface area (Å²) in [5.74, 6) is 2.20. The van der Waals surface area contributed by atoms with Crippen LogP contribution in [0.5, 0.6) is 23.0 Å². The van der Waals surface area contributed by atoms with Gasteiger partial charge in [-0.2, -0.15) is 0 Å². The predicted octanol–water partition coefficient (Wildman–Crippen LogP) is 12.6. The summed E-state index contributed by atoms with van der Waals surface area (Å²) in [5.41, 5.74) is 11.4. The Morgan fingerprint density at radius 3 is 0.952 bits per heavy atom. The van der Waals surface area contributed by atoms with E-state index in [-0.39, 0.29) is 33.2 Å². The molecule has 5 rings (SSSR count). The van der Waals surface area contributed by atoms with Gasteiger partial charge < -0.3 is 33.9 Å². The van der Waals surface area contributed by atoms with Crippen LogP contribution in [-0.2, 0) is 61.6 Å². The molecule has 0 aliphatic heterocycles. The number of fused-ring (bicyclic) bond motifs is 8. The molecule has 0 heterocycles. The van der Waals surface area contributed by atoms with Crippen molar-refractivity contribution in [2.24, 2.45) is 0 Å². The lowest BCUT2D eigenvalue weighted by Gasteiger charge is -2.28. The van der Waals surface area contributed by atoms with Crippen LogP contribution in [0.3, 0.4) is 0 Å². The maximum Gasteiger partial charge on any atom is 0.126 e. The number of aromatic hydroxyl groups is 2. The second kappa shape index (κ2) is 21.2. The van der Waals surface area contributed by atoms with Crippen molar-refractivity contribution in [3.8, 4) is 23.0 Å². The van der Waals surface area contributed by atoms with Crippen LogP contribution < -0.4 is 9.47 Å². The molecule has 7 nitrogen and oxygen atoms in total. The summed E-state index contributed by atoms with van der Waals surface area (Å²) >= 11 is 3.38. The maximum absolute atomic E-state index is 12.4. The van der Waals surface area contributed by atoms with Gasteiger partial charge in [-0.3, -0.25) is 0 Å². The number of halogens is 1. The molecule has 0 unspecified atom stereocenters. The van der Waals surface area contributed by atoms with E-state index < -0.39 is 0 Å². The SMILES string of the molecule is CCCOc1c2cc(C(C)(C)C)cc1Cc1cc(C(C)(C)C)cc(c1OCCOCCOCCOCCBr)Cc1cc(C(C)(C)C)cc(c1O)Cc1cc(C(C)(C)C)cc(c1O)C2. The molecule has 0 saturated carbocycles. The molecule has 0 fully saturated rings. The number of hydrogen-bond donors (Lipinski definition) is 2. The van der Waals surface area contributed by atoms with E-state index in [0.29, 0.717) is 78.5 Å². The van der Waals surface area contributed by atoms with Crippen molar-refractivity contribution >= 4 is 15.9 Å². The molecule has 346 valence electrons. The fourth-order valence-electron chi connectivity index (χ4n) is 8.02. The summed E-state index contributed by atoms with van der Waals surface area (Å²) in [7, 11) is 0. The van der Waals surface area contributed by atoms with Gasteiger partial charge in [0.25, 0.3) is 0 Å². The summed E-state index contributed by atoms with van der Waals surface area (Å²) in [6.45, 7) is 32.9. The van der Waals surface area contributed by atoms with E-state index in [2.05, 4.69) is 154 Å². The standard InChI is InChI=1S/C55H77BrO7/c1-14-16-62-50-40-25-38-30-44(52(2,3)4)28-36(48(38)57)24-37-29-45(53(5,6)7)31-39(49(37)58)26-41-33-47(55(11,12)13)35-43(27-42(50)34-46(32-40)54(8,9)10)51(41)63-23-22-61-21-20-60-19-18-59-17-15-56/h28-35,57-58H,14-27H2,1-13H3. The Morgan fingerprint density at radius 1 is 0.397 bits per heavy atom. The van der Waals surface area contributed by atoms with Gasteiger partial charge in [0.05, 0.1) is 46.2 Å². The molecule has 0 spiro atoms. The van der Waals surface area contributed by atoms with Gasteiger partial charge >= 0.3 is 0 Å². The molecule has 0 saturated heterocycles. The minimum atomic E-state index is -0.194. The Balaban J connectivity index is 1.75. The van der Waals surface area contributed by atoms with Crippen molar-refractivity contribution in [3.63, 3.8) is 0 Å². The second-order valence-corrected chi connectivity index (χ2v) is 22.3. The molecule has 1 aliphatic rings. The molecule has 4 aromatic carbocycles. The number of hydrogen-bond acceptors (Lipinski definition) is 7. The smallest absolute Gasteiger partial charge is 0.126 e. The third kappa shape index (κ3) is 13.5. The molecule has 63 heavy (non-hydrogen) atoms. The van der Waals surface area contributed by atoms with Crippen LogP contribution in [-0.4, -0.2) is 68.4 Å². The third-order valence-corrected chi connectivity index (χ3v) is 12.2. The maximum atomic E-state index is 12.4. The lowest BCUT2D eigenvalue weighted by atomic mass is 9.79. The summed E-state index contributed by atoms with van der Waals surface area (Å²) < 4.78 is 31.0. The van der Waals surface area contributed by atoms with Gasteiger partial charge in [0.1, 0.15) is 29.6 Å². The quantitative estimate of drug-likeness (QED) is 0.0799. The first-order valence-electron chi connectivity index (χ1n) is 23.1. The van der Waals surface area contributed by atoms with Crippen molar-refractivity contribution in [3.05, 3.63) is 115 Å². The fraction of sp³-hybridized carbons (Fsp3) is 0.564. The van der Waals surface area contributed by atoms with E-state index in [1.54, 1.807) is 0 Å². The number of benzene rings is 4. The van der Waals surface area contributed by atoms with Gasteiger partial charge in [0.2, 0.25) is 0 Å². The molecule has 8 bridgehead atoms. The molecule has 0 amide bonds. The minimum Gasteiger partial charge on any atom is -0.507 e. The van der Waals surface area contributed by atoms with Crippen molar-refractivity contribution < 1.29 is 33.9 Å². The molecule has 0 aromatic heterocycles. The summed E-state index contributed by atoms with van der Waals surface area (Å²) in [6.07, 6.45) is 2.73. The molecular formula is C55H77BrO7. The van der Waals surface area contributed by atoms with E-state index in [1.807, 2.05) is 0 Å². The minimum absolute atomic E-state index is 0.154. The molecular weight excluding hydrogens is 853 g/mol. The van der Waals surface area contributed by atoms with Crippen molar-refractivity contribution in [1.29, 1.82) is 0 Å². The van der Waals surface area contributed by atoms with Crippen LogP contribution >= 0.6 is 15.9 Å². The molecule has 0 radical (unpaired) electrons. The van der Waals surface area contributed by atoms with Crippen LogP contribution in [0.25, 0.3) is 0 Å². The number of phenolic OH excluding ortho intramolecular Hbond substituents is 2. The first-order chi connectivity index (χ1) is 29.5. The number of ether oxygens (including phenoxy) is 5. The Morgan fingerprint density at radius 2 is 0.651 bits per heavy atom. The Labute approximate surface area is 388 Å². The predicted molar refractivity (Wildman–Crippen MR) is 263 cm³/mol.